The van der Waals surface area contributed by atoms with Crippen molar-refractivity contribution in [3.8, 4) is 39.4 Å². The summed E-state index contributed by atoms with van der Waals surface area (Å²) in [5.74, 6) is -0.768. The van der Waals surface area contributed by atoms with Crippen molar-refractivity contribution in [3.63, 3.8) is 0 Å². The SMILES string of the molecule is CC(C)(C)C(=O)Nc1cncc(-c2ccc3[nH]nc(-c4cc5c(-c6cc(O)cc(F)c6)cncc5[nH]4)c3c2)c1. The molecule has 0 radical (unpaired) electrons. The number of pyridine rings is 2. The van der Waals surface area contributed by atoms with Gasteiger partial charge in [0.2, 0.25) is 5.91 Å². The Hall–Kier alpha value is -5.05. The number of anilines is 1. The Morgan fingerprint density at radius 2 is 1.69 bits per heavy atom. The van der Waals surface area contributed by atoms with E-state index in [-0.39, 0.29) is 11.7 Å². The topological polar surface area (TPSA) is 120 Å². The molecule has 0 bridgehead atoms. The Labute approximate surface area is 223 Å². The lowest BCUT2D eigenvalue weighted by molar-refractivity contribution is -0.123. The molecule has 0 aliphatic carbocycles. The molecular weight excluding hydrogens is 495 g/mol. The molecule has 9 heteroatoms. The molecule has 0 unspecified atom stereocenters. The molecule has 4 aromatic heterocycles. The van der Waals surface area contributed by atoms with Crippen LogP contribution in [0.1, 0.15) is 20.8 Å². The summed E-state index contributed by atoms with van der Waals surface area (Å²) in [6.07, 6.45) is 6.73. The first-order valence-corrected chi connectivity index (χ1v) is 12.4. The van der Waals surface area contributed by atoms with E-state index in [0.717, 1.165) is 44.7 Å². The molecule has 0 fully saturated rings. The summed E-state index contributed by atoms with van der Waals surface area (Å²) in [7, 11) is 0. The third-order valence-electron chi connectivity index (χ3n) is 6.57. The standard InChI is InChI=1S/C30H25FN6O2/c1-30(2,3)29(39)34-20-7-18(12-32-13-20)16-4-5-25-23(9-16)28(37-36-25)26-11-22-24(14-33-15-27(22)35-26)17-6-19(31)10-21(38)8-17/h4-15,35,38H,1-3H3,(H,34,39)(H,36,37). The number of carbonyl (C=O) groups excluding carboxylic acids is 1. The average molecular weight is 521 g/mol. The smallest absolute Gasteiger partial charge is 0.229 e. The van der Waals surface area contributed by atoms with E-state index >= 15 is 0 Å². The first kappa shape index (κ1) is 24.3. The van der Waals surface area contributed by atoms with E-state index in [4.69, 9.17) is 0 Å². The van der Waals surface area contributed by atoms with Crippen molar-refractivity contribution in [3.05, 3.63) is 79.1 Å². The normalized spacial score (nSPS) is 11.8. The number of rotatable bonds is 4. The van der Waals surface area contributed by atoms with E-state index < -0.39 is 11.2 Å². The van der Waals surface area contributed by atoms with Gasteiger partial charge in [0.1, 0.15) is 17.3 Å². The van der Waals surface area contributed by atoms with Crippen molar-refractivity contribution in [1.29, 1.82) is 0 Å². The molecule has 0 aliphatic rings. The predicted molar refractivity (Wildman–Crippen MR) is 150 cm³/mol. The number of benzene rings is 2. The summed E-state index contributed by atoms with van der Waals surface area (Å²) in [4.78, 5) is 24.5. The van der Waals surface area contributed by atoms with Crippen LogP contribution in [0.4, 0.5) is 10.1 Å². The molecule has 6 aromatic rings. The number of hydrogen-bond acceptors (Lipinski definition) is 5. The highest BCUT2D eigenvalue weighted by molar-refractivity contribution is 6.01. The van der Waals surface area contributed by atoms with Gasteiger partial charge in [-0.15, -0.1) is 0 Å². The zero-order valence-electron chi connectivity index (χ0n) is 21.5. The largest absolute Gasteiger partial charge is 0.508 e. The van der Waals surface area contributed by atoms with E-state index in [1.807, 2.05) is 51.1 Å². The predicted octanol–water partition coefficient (Wildman–Crippen LogP) is 6.66. The van der Waals surface area contributed by atoms with E-state index in [0.29, 0.717) is 22.5 Å². The summed E-state index contributed by atoms with van der Waals surface area (Å²) in [6.45, 7) is 5.58. The van der Waals surface area contributed by atoms with Gasteiger partial charge in [0.05, 0.1) is 34.8 Å². The van der Waals surface area contributed by atoms with Crippen LogP contribution < -0.4 is 5.32 Å². The maximum absolute atomic E-state index is 14.0. The Morgan fingerprint density at radius 1 is 0.872 bits per heavy atom. The van der Waals surface area contributed by atoms with E-state index in [9.17, 15) is 14.3 Å². The minimum absolute atomic E-state index is 0.0878. The molecule has 8 nitrogen and oxygen atoms in total. The maximum atomic E-state index is 14.0. The molecule has 0 atom stereocenters. The van der Waals surface area contributed by atoms with Crippen molar-refractivity contribution in [2.24, 2.45) is 5.41 Å². The molecule has 2 aromatic carbocycles. The first-order valence-electron chi connectivity index (χ1n) is 12.4. The van der Waals surface area contributed by atoms with Gasteiger partial charge in [-0.1, -0.05) is 26.8 Å². The van der Waals surface area contributed by atoms with Crippen molar-refractivity contribution in [2.45, 2.75) is 20.8 Å². The van der Waals surface area contributed by atoms with E-state index in [1.165, 1.54) is 12.1 Å². The van der Waals surface area contributed by atoms with E-state index in [2.05, 4.69) is 30.5 Å². The van der Waals surface area contributed by atoms with Crippen LogP contribution in [0.15, 0.2) is 73.3 Å². The quantitative estimate of drug-likeness (QED) is 0.207. The van der Waals surface area contributed by atoms with Crippen molar-refractivity contribution in [1.82, 2.24) is 25.1 Å². The second-order valence-corrected chi connectivity index (χ2v) is 10.5. The number of halogens is 1. The molecule has 1 amide bonds. The minimum Gasteiger partial charge on any atom is -0.508 e. The minimum atomic E-state index is -0.528. The van der Waals surface area contributed by atoms with Gasteiger partial charge < -0.3 is 15.4 Å². The van der Waals surface area contributed by atoms with Crippen LogP contribution in [0.5, 0.6) is 5.75 Å². The van der Waals surface area contributed by atoms with Gasteiger partial charge in [0.25, 0.3) is 0 Å². The molecule has 4 N–H and O–H groups in total. The molecule has 0 spiro atoms. The molecule has 4 heterocycles. The van der Waals surface area contributed by atoms with Gasteiger partial charge in [-0.25, -0.2) is 4.39 Å². The van der Waals surface area contributed by atoms with Crippen LogP contribution in [-0.4, -0.2) is 36.2 Å². The molecule has 6 rings (SSSR count). The van der Waals surface area contributed by atoms with Gasteiger partial charge in [-0.2, -0.15) is 5.10 Å². The summed E-state index contributed by atoms with van der Waals surface area (Å²) in [6, 6.07) is 13.7. The van der Waals surface area contributed by atoms with Crippen LogP contribution in [0.2, 0.25) is 0 Å². The number of hydrogen-bond donors (Lipinski definition) is 4. The number of phenols is 1. The number of aromatic amines is 2. The lowest BCUT2D eigenvalue weighted by Crippen LogP contribution is -2.27. The number of H-pyrrole nitrogens is 2. The van der Waals surface area contributed by atoms with Crippen LogP contribution in [0, 0.1) is 11.2 Å². The van der Waals surface area contributed by atoms with Crippen LogP contribution >= 0.6 is 0 Å². The molecule has 0 aliphatic heterocycles. The lowest BCUT2D eigenvalue weighted by Gasteiger charge is -2.17. The summed E-state index contributed by atoms with van der Waals surface area (Å²) >= 11 is 0. The molecular formula is C30H25FN6O2. The number of nitrogens with zero attached hydrogens (tertiary/aromatic N) is 3. The fourth-order valence-electron chi connectivity index (χ4n) is 4.52. The number of phenolic OH excluding ortho intramolecular Hbond substituents is 1. The Kier molecular flexibility index (Phi) is 5.64. The number of amides is 1. The molecule has 194 valence electrons. The summed E-state index contributed by atoms with van der Waals surface area (Å²) in [5.41, 5.74) is 6.15. The van der Waals surface area contributed by atoms with Crippen LogP contribution in [0.25, 0.3) is 55.4 Å². The van der Waals surface area contributed by atoms with Gasteiger partial charge in [-0.05, 0) is 47.5 Å². The zero-order valence-corrected chi connectivity index (χ0v) is 21.5. The van der Waals surface area contributed by atoms with Crippen molar-refractivity contribution >= 4 is 33.4 Å². The monoisotopic (exact) mass is 520 g/mol. The van der Waals surface area contributed by atoms with Gasteiger partial charge in [0.15, 0.2) is 0 Å². The number of fused-ring (bicyclic) bond motifs is 2. The number of nitrogens with one attached hydrogen (secondary N) is 3. The third kappa shape index (κ3) is 4.59. The highest BCUT2D eigenvalue weighted by Crippen LogP contribution is 2.36. The zero-order chi connectivity index (χ0) is 27.3. The third-order valence-corrected chi connectivity index (χ3v) is 6.57. The maximum Gasteiger partial charge on any atom is 0.229 e. The van der Waals surface area contributed by atoms with Crippen molar-refractivity contribution < 1.29 is 14.3 Å². The van der Waals surface area contributed by atoms with Gasteiger partial charge in [0, 0.05) is 45.8 Å². The van der Waals surface area contributed by atoms with Gasteiger partial charge >= 0.3 is 0 Å². The summed E-state index contributed by atoms with van der Waals surface area (Å²) in [5, 5.41) is 22.2. The number of aromatic nitrogens is 5. The number of carbonyl (C=O) groups is 1. The first-order chi connectivity index (χ1) is 18.7. The second kappa shape index (κ2) is 9.05. The number of aromatic hydroxyl groups is 1. The van der Waals surface area contributed by atoms with Crippen LogP contribution in [0.3, 0.4) is 0 Å². The highest BCUT2D eigenvalue weighted by Gasteiger charge is 2.21. The fourth-order valence-corrected chi connectivity index (χ4v) is 4.52. The van der Waals surface area contributed by atoms with E-state index in [1.54, 1.807) is 24.8 Å². The highest BCUT2D eigenvalue weighted by atomic mass is 19.1. The van der Waals surface area contributed by atoms with Gasteiger partial charge in [-0.3, -0.25) is 19.9 Å². The second-order valence-electron chi connectivity index (χ2n) is 10.5. The molecule has 0 saturated heterocycles. The summed E-state index contributed by atoms with van der Waals surface area (Å²) < 4.78 is 14.0. The van der Waals surface area contributed by atoms with Crippen LogP contribution in [-0.2, 0) is 4.79 Å². The lowest BCUT2D eigenvalue weighted by atomic mass is 9.95. The Bertz CT molecular complexity index is 1860. The Balaban J connectivity index is 1.41. The Morgan fingerprint density at radius 3 is 2.49 bits per heavy atom. The van der Waals surface area contributed by atoms with Crippen molar-refractivity contribution in [2.75, 3.05) is 5.32 Å². The average Bonchev–Trinajstić information content (AvgIpc) is 3.51. The fraction of sp³-hybridized carbons (Fsp3) is 0.133. The molecule has 39 heavy (non-hydrogen) atoms. The molecule has 0 saturated carbocycles.